The van der Waals surface area contributed by atoms with Crippen molar-refractivity contribution >= 4 is 6.03 Å². The van der Waals surface area contributed by atoms with Crippen LogP contribution in [0.1, 0.15) is 18.1 Å². The van der Waals surface area contributed by atoms with Crippen LogP contribution in [0.3, 0.4) is 0 Å². The van der Waals surface area contributed by atoms with E-state index in [-0.39, 0.29) is 12.6 Å². The first-order chi connectivity index (χ1) is 8.09. The number of aliphatic hydroxyl groups is 1. The molecule has 0 fully saturated rings. The average molecular weight is 236 g/mol. The van der Waals surface area contributed by atoms with Gasteiger partial charge in [0.1, 0.15) is 0 Å². The first kappa shape index (κ1) is 13.5. The minimum atomic E-state index is -0.517. The highest BCUT2D eigenvalue weighted by Gasteiger charge is 2.02. The van der Waals surface area contributed by atoms with Gasteiger partial charge < -0.3 is 15.7 Å². The summed E-state index contributed by atoms with van der Waals surface area (Å²) in [5.74, 6) is 0. The van der Waals surface area contributed by atoms with Gasteiger partial charge in [-0.15, -0.1) is 0 Å². The van der Waals surface area contributed by atoms with Crippen molar-refractivity contribution in [2.24, 2.45) is 0 Å². The van der Waals surface area contributed by atoms with E-state index in [2.05, 4.69) is 29.7 Å². The Labute approximate surface area is 102 Å². The topological polar surface area (TPSA) is 61.4 Å². The maximum atomic E-state index is 11.3. The highest BCUT2D eigenvalue weighted by molar-refractivity contribution is 5.73. The summed E-state index contributed by atoms with van der Waals surface area (Å²) in [5, 5.41) is 14.3. The third-order valence-electron chi connectivity index (χ3n) is 2.50. The molecule has 0 aromatic heterocycles. The van der Waals surface area contributed by atoms with Crippen molar-refractivity contribution in [2.75, 3.05) is 13.1 Å². The van der Waals surface area contributed by atoms with Crippen LogP contribution in [0.15, 0.2) is 24.3 Å². The Balaban J connectivity index is 2.24. The van der Waals surface area contributed by atoms with Crippen molar-refractivity contribution in [1.29, 1.82) is 0 Å². The highest BCUT2D eigenvalue weighted by Crippen LogP contribution is 2.06. The van der Waals surface area contributed by atoms with Crippen molar-refractivity contribution in [2.45, 2.75) is 26.4 Å². The molecular weight excluding hydrogens is 216 g/mol. The zero-order valence-corrected chi connectivity index (χ0v) is 10.4. The molecule has 4 heteroatoms. The number of nitrogens with one attached hydrogen (secondary N) is 2. The fourth-order valence-corrected chi connectivity index (χ4v) is 1.50. The quantitative estimate of drug-likeness (QED) is 0.720. The standard InChI is InChI=1S/C13H20N2O2/c1-10-5-3-4-6-12(10)7-8-14-13(17)15-9-11(2)16/h3-6,11,16H,7-9H2,1-2H3,(H2,14,15,17). The number of hydrogen-bond donors (Lipinski definition) is 3. The summed E-state index contributed by atoms with van der Waals surface area (Å²) < 4.78 is 0. The molecule has 2 amide bonds. The Morgan fingerprint density at radius 2 is 2.06 bits per heavy atom. The Morgan fingerprint density at radius 3 is 2.71 bits per heavy atom. The first-order valence-corrected chi connectivity index (χ1v) is 5.84. The second kappa shape index (κ2) is 6.91. The molecule has 0 radical (unpaired) electrons. The van der Waals surface area contributed by atoms with Crippen LogP contribution in [0.2, 0.25) is 0 Å². The average Bonchev–Trinajstić information content (AvgIpc) is 2.29. The van der Waals surface area contributed by atoms with Crippen molar-refractivity contribution in [1.82, 2.24) is 10.6 Å². The van der Waals surface area contributed by atoms with Crippen LogP contribution in [-0.2, 0) is 6.42 Å². The van der Waals surface area contributed by atoms with E-state index in [0.717, 1.165) is 6.42 Å². The number of rotatable bonds is 5. The number of aliphatic hydroxyl groups excluding tert-OH is 1. The Bertz CT molecular complexity index is 364. The number of amides is 2. The molecule has 1 aromatic rings. The maximum Gasteiger partial charge on any atom is 0.314 e. The molecule has 1 atom stereocenters. The van der Waals surface area contributed by atoms with Crippen LogP contribution in [0.4, 0.5) is 4.79 Å². The fraction of sp³-hybridized carbons (Fsp3) is 0.462. The molecule has 4 nitrogen and oxygen atoms in total. The molecule has 0 aliphatic rings. The summed E-state index contributed by atoms with van der Waals surface area (Å²) in [7, 11) is 0. The summed E-state index contributed by atoms with van der Waals surface area (Å²) in [5.41, 5.74) is 2.47. The summed E-state index contributed by atoms with van der Waals surface area (Å²) in [6.45, 7) is 4.56. The molecular formula is C13H20N2O2. The number of carbonyl (C=O) groups is 1. The second-order valence-corrected chi connectivity index (χ2v) is 4.16. The lowest BCUT2D eigenvalue weighted by Crippen LogP contribution is -2.39. The third-order valence-corrected chi connectivity index (χ3v) is 2.50. The number of carbonyl (C=O) groups excluding carboxylic acids is 1. The number of hydrogen-bond acceptors (Lipinski definition) is 2. The molecule has 17 heavy (non-hydrogen) atoms. The van der Waals surface area contributed by atoms with Gasteiger partial charge in [0.25, 0.3) is 0 Å². The smallest absolute Gasteiger partial charge is 0.314 e. The predicted octanol–water partition coefficient (Wildman–Crippen LogP) is 1.22. The normalized spacial score (nSPS) is 11.9. The molecule has 0 bridgehead atoms. The third kappa shape index (κ3) is 5.36. The zero-order chi connectivity index (χ0) is 12.7. The molecule has 1 rings (SSSR count). The largest absolute Gasteiger partial charge is 0.392 e. The van der Waals surface area contributed by atoms with E-state index < -0.39 is 6.10 Å². The molecule has 1 unspecified atom stereocenters. The summed E-state index contributed by atoms with van der Waals surface area (Å²) in [6, 6.07) is 7.88. The van der Waals surface area contributed by atoms with Gasteiger partial charge in [-0.3, -0.25) is 0 Å². The van der Waals surface area contributed by atoms with Gasteiger partial charge in [-0.2, -0.15) is 0 Å². The molecule has 0 aliphatic heterocycles. The Morgan fingerprint density at radius 1 is 1.35 bits per heavy atom. The Hall–Kier alpha value is -1.55. The van der Waals surface area contributed by atoms with Crippen molar-refractivity contribution < 1.29 is 9.90 Å². The predicted molar refractivity (Wildman–Crippen MR) is 68.0 cm³/mol. The molecule has 0 spiro atoms. The van der Waals surface area contributed by atoms with Gasteiger partial charge in [-0.05, 0) is 31.4 Å². The van der Waals surface area contributed by atoms with Crippen molar-refractivity contribution in [3.8, 4) is 0 Å². The highest BCUT2D eigenvalue weighted by atomic mass is 16.3. The lowest BCUT2D eigenvalue weighted by atomic mass is 10.1. The van der Waals surface area contributed by atoms with Gasteiger partial charge in [0.15, 0.2) is 0 Å². The van der Waals surface area contributed by atoms with E-state index in [4.69, 9.17) is 5.11 Å². The SMILES string of the molecule is Cc1ccccc1CCNC(=O)NCC(C)O. The van der Waals surface area contributed by atoms with Gasteiger partial charge in [0.2, 0.25) is 0 Å². The lowest BCUT2D eigenvalue weighted by molar-refractivity contribution is 0.187. The van der Waals surface area contributed by atoms with E-state index in [1.54, 1.807) is 6.92 Å². The number of urea groups is 1. The zero-order valence-electron chi connectivity index (χ0n) is 10.4. The molecule has 1 aromatic carbocycles. The van der Waals surface area contributed by atoms with E-state index in [0.29, 0.717) is 6.54 Å². The molecule has 0 aliphatic carbocycles. The van der Waals surface area contributed by atoms with Gasteiger partial charge in [-0.25, -0.2) is 4.79 Å². The van der Waals surface area contributed by atoms with Gasteiger partial charge >= 0.3 is 6.03 Å². The van der Waals surface area contributed by atoms with E-state index in [1.165, 1.54) is 11.1 Å². The van der Waals surface area contributed by atoms with Crippen LogP contribution in [0.25, 0.3) is 0 Å². The fourth-order valence-electron chi connectivity index (χ4n) is 1.50. The minimum absolute atomic E-state index is 0.237. The molecule has 0 saturated heterocycles. The van der Waals surface area contributed by atoms with Gasteiger partial charge in [-0.1, -0.05) is 24.3 Å². The Kier molecular flexibility index (Phi) is 5.49. The van der Waals surface area contributed by atoms with E-state index >= 15 is 0 Å². The lowest BCUT2D eigenvalue weighted by Gasteiger charge is -2.09. The van der Waals surface area contributed by atoms with Gasteiger partial charge in [0, 0.05) is 13.1 Å². The molecule has 0 heterocycles. The summed E-state index contributed by atoms with van der Waals surface area (Å²) >= 11 is 0. The van der Waals surface area contributed by atoms with Crippen LogP contribution in [0, 0.1) is 6.92 Å². The van der Waals surface area contributed by atoms with Crippen LogP contribution in [0.5, 0.6) is 0 Å². The summed E-state index contributed by atoms with van der Waals surface area (Å²) in [4.78, 5) is 11.3. The number of aryl methyl sites for hydroxylation is 1. The van der Waals surface area contributed by atoms with E-state index in [9.17, 15) is 4.79 Å². The monoisotopic (exact) mass is 236 g/mol. The van der Waals surface area contributed by atoms with Crippen molar-refractivity contribution in [3.05, 3.63) is 35.4 Å². The first-order valence-electron chi connectivity index (χ1n) is 5.84. The van der Waals surface area contributed by atoms with Crippen LogP contribution in [-0.4, -0.2) is 30.3 Å². The van der Waals surface area contributed by atoms with Crippen molar-refractivity contribution in [3.63, 3.8) is 0 Å². The molecule has 3 N–H and O–H groups in total. The van der Waals surface area contributed by atoms with Gasteiger partial charge in [0.05, 0.1) is 6.10 Å². The maximum absolute atomic E-state index is 11.3. The van der Waals surface area contributed by atoms with Crippen LogP contribution >= 0.6 is 0 Å². The van der Waals surface area contributed by atoms with Crippen LogP contribution < -0.4 is 10.6 Å². The number of benzene rings is 1. The second-order valence-electron chi connectivity index (χ2n) is 4.16. The summed E-state index contributed by atoms with van der Waals surface area (Å²) in [6.07, 6.45) is 0.298. The van der Waals surface area contributed by atoms with E-state index in [1.807, 2.05) is 12.1 Å². The molecule has 94 valence electrons. The minimum Gasteiger partial charge on any atom is -0.392 e. The molecule has 0 saturated carbocycles.